The molecule has 0 atom stereocenters. The zero-order valence-corrected chi connectivity index (χ0v) is 13.7. The van der Waals surface area contributed by atoms with Crippen LogP contribution < -0.4 is 9.62 Å². The summed E-state index contributed by atoms with van der Waals surface area (Å²) in [6.45, 7) is 1.91. The molecule has 6 heteroatoms. The van der Waals surface area contributed by atoms with Crippen molar-refractivity contribution in [1.29, 1.82) is 0 Å². The maximum absolute atomic E-state index is 12.8. The van der Waals surface area contributed by atoms with E-state index in [1.165, 1.54) is 4.31 Å². The van der Waals surface area contributed by atoms with Crippen molar-refractivity contribution in [3.05, 3.63) is 29.8 Å². The van der Waals surface area contributed by atoms with Gasteiger partial charge in [-0.1, -0.05) is 18.2 Å². The van der Waals surface area contributed by atoms with Crippen LogP contribution in [0.25, 0.3) is 0 Å². The Hall–Kier alpha value is -1.11. The van der Waals surface area contributed by atoms with E-state index in [-0.39, 0.29) is 0 Å². The van der Waals surface area contributed by atoms with Gasteiger partial charge in [0.05, 0.1) is 5.69 Å². The monoisotopic (exact) mass is 311 g/mol. The third-order valence-corrected chi connectivity index (χ3v) is 5.80. The van der Waals surface area contributed by atoms with Crippen molar-refractivity contribution < 1.29 is 8.42 Å². The van der Waals surface area contributed by atoms with Gasteiger partial charge in [-0.2, -0.15) is 12.7 Å². The number of hydrogen-bond acceptors (Lipinski definition) is 3. The van der Waals surface area contributed by atoms with Gasteiger partial charge in [-0.05, 0) is 50.9 Å². The summed E-state index contributed by atoms with van der Waals surface area (Å²) in [4.78, 5) is 0. The summed E-state index contributed by atoms with van der Waals surface area (Å²) < 4.78 is 28.7. The van der Waals surface area contributed by atoms with Crippen LogP contribution in [0.5, 0.6) is 0 Å². The van der Waals surface area contributed by atoms with E-state index in [9.17, 15) is 8.42 Å². The molecular formula is C15H25N3O2S. The average molecular weight is 311 g/mol. The summed E-state index contributed by atoms with van der Waals surface area (Å²) in [6, 6.07) is 7.84. The molecule has 0 radical (unpaired) electrons. The van der Waals surface area contributed by atoms with Crippen LogP contribution in [0.1, 0.15) is 24.8 Å². The van der Waals surface area contributed by atoms with Crippen molar-refractivity contribution in [3.63, 3.8) is 0 Å². The zero-order valence-electron chi connectivity index (χ0n) is 12.9. The molecule has 118 valence electrons. The number of benzene rings is 1. The predicted octanol–water partition coefficient (Wildman–Crippen LogP) is 1.62. The minimum atomic E-state index is -3.44. The Labute approximate surface area is 128 Å². The molecule has 2 rings (SSSR count). The van der Waals surface area contributed by atoms with E-state index in [0.29, 0.717) is 13.1 Å². The highest BCUT2D eigenvalue weighted by Crippen LogP contribution is 2.29. The highest BCUT2D eigenvalue weighted by atomic mass is 32.2. The summed E-state index contributed by atoms with van der Waals surface area (Å²) in [6.07, 6.45) is 3.69. The van der Waals surface area contributed by atoms with Crippen LogP contribution in [-0.2, 0) is 16.6 Å². The topological polar surface area (TPSA) is 52.7 Å². The first-order valence-electron chi connectivity index (χ1n) is 7.54. The molecule has 0 saturated heterocycles. The fourth-order valence-corrected chi connectivity index (χ4v) is 4.14. The zero-order chi connectivity index (χ0) is 15.3. The summed E-state index contributed by atoms with van der Waals surface area (Å²) in [5.41, 5.74) is 1.97. The minimum Gasteiger partial charge on any atom is -0.320 e. The molecule has 0 aliphatic carbocycles. The second-order valence-corrected chi connectivity index (χ2v) is 7.40. The molecule has 0 amide bonds. The molecule has 5 nitrogen and oxygen atoms in total. The SMILES string of the molecule is CNCCCN(C)S(=O)(=O)N1CCCCc2ccccc21. The van der Waals surface area contributed by atoms with Gasteiger partial charge in [0.25, 0.3) is 0 Å². The van der Waals surface area contributed by atoms with Crippen LogP contribution in [0.2, 0.25) is 0 Å². The predicted molar refractivity (Wildman–Crippen MR) is 86.8 cm³/mol. The number of anilines is 1. The van der Waals surface area contributed by atoms with Crippen molar-refractivity contribution in [1.82, 2.24) is 9.62 Å². The number of fused-ring (bicyclic) bond motifs is 1. The summed E-state index contributed by atoms with van der Waals surface area (Å²) in [5.74, 6) is 0. The van der Waals surface area contributed by atoms with Crippen LogP contribution >= 0.6 is 0 Å². The van der Waals surface area contributed by atoms with E-state index in [4.69, 9.17) is 0 Å². The molecule has 1 aliphatic rings. The molecule has 0 aromatic heterocycles. The van der Waals surface area contributed by atoms with Crippen molar-refractivity contribution in [3.8, 4) is 0 Å². The molecule has 0 fully saturated rings. The average Bonchev–Trinajstić information content (AvgIpc) is 2.70. The number of nitrogens with zero attached hydrogens (tertiary/aromatic N) is 2. The lowest BCUT2D eigenvalue weighted by molar-refractivity contribution is 0.454. The lowest BCUT2D eigenvalue weighted by atomic mass is 10.1. The first-order valence-corrected chi connectivity index (χ1v) is 8.93. The smallest absolute Gasteiger partial charge is 0.303 e. The van der Waals surface area contributed by atoms with E-state index in [2.05, 4.69) is 5.32 Å². The fourth-order valence-electron chi connectivity index (χ4n) is 2.66. The lowest BCUT2D eigenvalue weighted by Crippen LogP contribution is -2.43. The molecule has 0 bridgehead atoms. The number of rotatable bonds is 6. The normalized spacial score (nSPS) is 15.9. The highest BCUT2D eigenvalue weighted by Gasteiger charge is 2.29. The van der Waals surface area contributed by atoms with Crippen molar-refractivity contribution in [2.45, 2.75) is 25.7 Å². The van der Waals surface area contributed by atoms with Crippen LogP contribution in [0, 0.1) is 0 Å². The van der Waals surface area contributed by atoms with Gasteiger partial charge in [-0.25, -0.2) is 0 Å². The quantitative estimate of drug-likeness (QED) is 0.812. The molecule has 1 aromatic rings. The second kappa shape index (κ2) is 7.24. The fraction of sp³-hybridized carbons (Fsp3) is 0.600. The summed E-state index contributed by atoms with van der Waals surface area (Å²) in [7, 11) is 0.0994. The van der Waals surface area contributed by atoms with Gasteiger partial charge in [0, 0.05) is 20.1 Å². The number of hydrogen-bond donors (Lipinski definition) is 1. The van der Waals surface area contributed by atoms with Gasteiger partial charge in [0.2, 0.25) is 0 Å². The van der Waals surface area contributed by atoms with Gasteiger partial charge in [-0.15, -0.1) is 0 Å². The molecule has 0 unspecified atom stereocenters. The molecule has 21 heavy (non-hydrogen) atoms. The summed E-state index contributed by atoms with van der Waals surface area (Å²) >= 11 is 0. The molecule has 1 aromatic carbocycles. The Bertz CT molecular complexity index is 560. The van der Waals surface area contributed by atoms with E-state index >= 15 is 0 Å². The molecule has 1 heterocycles. The maximum Gasteiger partial charge on any atom is 0.303 e. The van der Waals surface area contributed by atoms with Gasteiger partial charge in [0.1, 0.15) is 0 Å². The van der Waals surface area contributed by atoms with Gasteiger partial charge in [-0.3, -0.25) is 4.31 Å². The molecule has 0 saturated carbocycles. The number of nitrogens with one attached hydrogen (secondary N) is 1. The van der Waals surface area contributed by atoms with E-state index in [0.717, 1.165) is 43.5 Å². The van der Waals surface area contributed by atoms with Crippen LogP contribution in [-0.4, -0.2) is 46.5 Å². The minimum absolute atomic E-state index is 0.530. The Morgan fingerprint density at radius 3 is 2.81 bits per heavy atom. The van der Waals surface area contributed by atoms with Crippen LogP contribution in [0.15, 0.2) is 24.3 Å². The van der Waals surface area contributed by atoms with Crippen LogP contribution in [0.3, 0.4) is 0 Å². The van der Waals surface area contributed by atoms with Gasteiger partial charge < -0.3 is 5.32 Å². The largest absolute Gasteiger partial charge is 0.320 e. The number of aryl methyl sites for hydroxylation is 1. The Morgan fingerprint density at radius 2 is 2.05 bits per heavy atom. The van der Waals surface area contributed by atoms with Gasteiger partial charge >= 0.3 is 10.2 Å². The first-order chi connectivity index (χ1) is 10.1. The molecule has 1 N–H and O–H groups in total. The summed E-state index contributed by atoms with van der Waals surface area (Å²) in [5, 5.41) is 3.04. The highest BCUT2D eigenvalue weighted by molar-refractivity contribution is 7.90. The Morgan fingerprint density at radius 1 is 1.29 bits per heavy atom. The lowest BCUT2D eigenvalue weighted by Gasteiger charge is -2.29. The van der Waals surface area contributed by atoms with Crippen molar-refractivity contribution in [2.24, 2.45) is 0 Å². The third kappa shape index (κ3) is 3.75. The maximum atomic E-state index is 12.8. The van der Waals surface area contributed by atoms with Crippen LogP contribution in [0.4, 0.5) is 5.69 Å². The molecule has 1 aliphatic heterocycles. The van der Waals surface area contributed by atoms with E-state index in [1.54, 1.807) is 11.4 Å². The Kier molecular flexibility index (Phi) is 5.61. The molecular weight excluding hydrogens is 286 g/mol. The van der Waals surface area contributed by atoms with Gasteiger partial charge in [0.15, 0.2) is 0 Å². The van der Waals surface area contributed by atoms with E-state index < -0.39 is 10.2 Å². The van der Waals surface area contributed by atoms with Crippen molar-refractivity contribution in [2.75, 3.05) is 38.0 Å². The number of para-hydroxylation sites is 1. The standard InChI is InChI=1S/C15H25N3O2S/c1-16-11-7-12-17(2)21(19,20)18-13-6-5-9-14-8-3-4-10-15(14)18/h3-4,8,10,16H,5-7,9,11-13H2,1-2H3. The third-order valence-electron chi connectivity index (χ3n) is 3.89. The second-order valence-electron chi connectivity index (χ2n) is 5.44. The Balaban J connectivity index is 2.23. The van der Waals surface area contributed by atoms with E-state index in [1.807, 2.05) is 31.3 Å². The first kappa shape index (κ1) is 16.3. The van der Waals surface area contributed by atoms with Crippen molar-refractivity contribution >= 4 is 15.9 Å². The molecule has 0 spiro atoms.